The molecule has 0 bridgehead atoms. The molecule has 2 aromatic carbocycles. The standard InChI is InChI=1S/C26H29N7/c1-19-4-6-20(7-5-19)25-23(18-28-32(25)3)24-12-13-27-26(30-24)29-21-8-10-22(11-9-21)33-16-14-31(2)15-17-33/h4-13,18H,14-17H2,1-3H3,(H,27,29,30). The number of hydrogen-bond donors (Lipinski definition) is 1. The van der Waals surface area contributed by atoms with E-state index in [0.717, 1.165) is 54.4 Å². The number of nitrogens with zero attached hydrogens (tertiary/aromatic N) is 6. The molecular weight excluding hydrogens is 410 g/mol. The minimum Gasteiger partial charge on any atom is -0.369 e. The van der Waals surface area contributed by atoms with Crippen LogP contribution in [0.15, 0.2) is 67.0 Å². The van der Waals surface area contributed by atoms with Crippen LogP contribution in [-0.4, -0.2) is 57.9 Å². The smallest absolute Gasteiger partial charge is 0.227 e. The fourth-order valence-corrected chi connectivity index (χ4v) is 4.20. The van der Waals surface area contributed by atoms with E-state index in [9.17, 15) is 0 Å². The van der Waals surface area contributed by atoms with Gasteiger partial charge in [0.05, 0.1) is 17.6 Å². The molecule has 1 aliphatic heterocycles. The topological polar surface area (TPSA) is 62.1 Å². The van der Waals surface area contributed by atoms with Gasteiger partial charge in [-0.15, -0.1) is 0 Å². The Morgan fingerprint density at radius 1 is 0.848 bits per heavy atom. The van der Waals surface area contributed by atoms with E-state index in [1.54, 1.807) is 6.20 Å². The van der Waals surface area contributed by atoms with Crippen molar-refractivity contribution in [3.8, 4) is 22.5 Å². The van der Waals surface area contributed by atoms with Gasteiger partial charge in [-0.2, -0.15) is 5.10 Å². The molecule has 168 valence electrons. The molecule has 7 nitrogen and oxygen atoms in total. The molecule has 0 radical (unpaired) electrons. The predicted octanol–water partition coefficient (Wildman–Crippen LogP) is 4.35. The number of benzene rings is 2. The number of piperazine rings is 1. The molecule has 4 aromatic rings. The number of likely N-dealkylation sites (N-methyl/N-ethyl adjacent to an activating group) is 1. The van der Waals surface area contributed by atoms with Crippen LogP contribution in [-0.2, 0) is 7.05 Å². The molecule has 1 fully saturated rings. The Morgan fingerprint density at radius 2 is 1.58 bits per heavy atom. The van der Waals surface area contributed by atoms with Gasteiger partial charge in [-0.1, -0.05) is 29.8 Å². The zero-order valence-corrected chi connectivity index (χ0v) is 19.4. The van der Waals surface area contributed by atoms with Gasteiger partial charge in [0.1, 0.15) is 0 Å². The second kappa shape index (κ2) is 9.03. The van der Waals surface area contributed by atoms with E-state index >= 15 is 0 Å². The van der Waals surface area contributed by atoms with Crippen molar-refractivity contribution in [2.75, 3.05) is 43.4 Å². The number of aryl methyl sites for hydroxylation is 2. The Hall–Kier alpha value is -3.71. The van der Waals surface area contributed by atoms with E-state index in [2.05, 4.69) is 87.7 Å². The molecular formula is C26H29N7. The molecule has 1 aliphatic rings. The number of nitrogens with one attached hydrogen (secondary N) is 1. The average Bonchev–Trinajstić information content (AvgIpc) is 3.22. The highest BCUT2D eigenvalue weighted by atomic mass is 15.3. The fourth-order valence-electron chi connectivity index (χ4n) is 4.20. The summed E-state index contributed by atoms with van der Waals surface area (Å²) in [5.74, 6) is 0.568. The van der Waals surface area contributed by atoms with Gasteiger partial charge in [-0.25, -0.2) is 9.97 Å². The summed E-state index contributed by atoms with van der Waals surface area (Å²) in [6.07, 6.45) is 3.65. The summed E-state index contributed by atoms with van der Waals surface area (Å²) in [5, 5.41) is 7.84. The number of hydrogen-bond acceptors (Lipinski definition) is 6. The second-order valence-corrected chi connectivity index (χ2v) is 8.62. The fraction of sp³-hybridized carbons (Fsp3) is 0.269. The van der Waals surface area contributed by atoms with E-state index in [-0.39, 0.29) is 0 Å². The van der Waals surface area contributed by atoms with Crippen molar-refractivity contribution in [2.45, 2.75) is 6.92 Å². The molecule has 0 amide bonds. The summed E-state index contributed by atoms with van der Waals surface area (Å²) in [5.41, 5.74) is 7.42. The van der Waals surface area contributed by atoms with Gasteiger partial charge in [0.2, 0.25) is 5.95 Å². The van der Waals surface area contributed by atoms with Gasteiger partial charge < -0.3 is 15.1 Å². The summed E-state index contributed by atoms with van der Waals surface area (Å²) in [6.45, 7) is 6.40. The number of aromatic nitrogens is 4. The lowest BCUT2D eigenvalue weighted by atomic mass is 10.0. The summed E-state index contributed by atoms with van der Waals surface area (Å²) < 4.78 is 1.90. The van der Waals surface area contributed by atoms with Crippen molar-refractivity contribution < 1.29 is 0 Å². The lowest BCUT2D eigenvalue weighted by Gasteiger charge is -2.34. The van der Waals surface area contributed by atoms with Crippen LogP contribution in [0.5, 0.6) is 0 Å². The summed E-state index contributed by atoms with van der Waals surface area (Å²) in [7, 11) is 4.13. The van der Waals surface area contributed by atoms with Crippen LogP contribution in [0.2, 0.25) is 0 Å². The Kier molecular flexibility index (Phi) is 5.79. The van der Waals surface area contributed by atoms with Gasteiger partial charge in [-0.3, -0.25) is 4.68 Å². The van der Waals surface area contributed by atoms with Crippen LogP contribution in [0.4, 0.5) is 17.3 Å². The summed E-state index contributed by atoms with van der Waals surface area (Å²) in [6, 6.07) is 18.9. The average molecular weight is 440 g/mol. The minimum atomic E-state index is 0.568. The molecule has 0 atom stereocenters. The monoisotopic (exact) mass is 439 g/mol. The van der Waals surface area contributed by atoms with Crippen molar-refractivity contribution in [1.29, 1.82) is 0 Å². The van der Waals surface area contributed by atoms with Crippen molar-refractivity contribution in [1.82, 2.24) is 24.6 Å². The molecule has 1 N–H and O–H groups in total. The van der Waals surface area contributed by atoms with Crippen LogP contribution in [0.3, 0.4) is 0 Å². The Labute approximate surface area is 194 Å². The number of rotatable bonds is 5. The summed E-state index contributed by atoms with van der Waals surface area (Å²) in [4.78, 5) is 14.0. The van der Waals surface area contributed by atoms with E-state index in [1.165, 1.54) is 11.3 Å². The van der Waals surface area contributed by atoms with E-state index < -0.39 is 0 Å². The molecule has 3 heterocycles. The predicted molar refractivity (Wildman–Crippen MR) is 134 cm³/mol. The van der Waals surface area contributed by atoms with Gasteiger partial charge >= 0.3 is 0 Å². The van der Waals surface area contributed by atoms with Crippen molar-refractivity contribution in [3.05, 3.63) is 72.6 Å². The van der Waals surface area contributed by atoms with Crippen LogP contribution >= 0.6 is 0 Å². The maximum atomic E-state index is 4.78. The quantitative estimate of drug-likeness (QED) is 0.499. The normalized spacial score (nSPS) is 14.5. The van der Waals surface area contributed by atoms with Crippen LogP contribution in [0.1, 0.15) is 5.56 Å². The first-order chi connectivity index (χ1) is 16.1. The lowest BCUT2D eigenvalue weighted by Crippen LogP contribution is -2.44. The first-order valence-corrected chi connectivity index (χ1v) is 11.3. The first-order valence-electron chi connectivity index (χ1n) is 11.3. The molecule has 2 aromatic heterocycles. The highest BCUT2D eigenvalue weighted by molar-refractivity contribution is 5.79. The molecule has 7 heteroatoms. The molecule has 5 rings (SSSR count). The third-order valence-electron chi connectivity index (χ3n) is 6.19. The third-order valence-corrected chi connectivity index (χ3v) is 6.19. The third kappa shape index (κ3) is 4.59. The highest BCUT2D eigenvalue weighted by Crippen LogP contribution is 2.31. The van der Waals surface area contributed by atoms with E-state index in [4.69, 9.17) is 4.98 Å². The van der Waals surface area contributed by atoms with Crippen LogP contribution in [0, 0.1) is 6.92 Å². The van der Waals surface area contributed by atoms with E-state index in [0.29, 0.717) is 5.95 Å². The Morgan fingerprint density at radius 3 is 2.30 bits per heavy atom. The Bertz CT molecular complexity index is 1220. The maximum absolute atomic E-state index is 4.78. The zero-order chi connectivity index (χ0) is 22.8. The molecule has 0 aliphatic carbocycles. The minimum absolute atomic E-state index is 0.568. The molecule has 0 saturated carbocycles. The Balaban J connectivity index is 1.36. The van der Waals surface area contributed by atoms with Gasteiger partial charge in [0.15, 0.2) is 0 Å². The SMILES string of the molecule is Cc1ccc(-c2c(-c3ccnc(Nc4ccc(N5CCN(C)CC5)cc4)n3)cnn2C)cc1. The molecule has 1 saturated heterocycles. The first kappa shape index (κ1) is 21.2. The molecule has 0 unspecified atom stereocenters. The van der Waals surface area contributed by atoms with Crippen LogP contribution < -0.4 is 10.2 Å². The van der Waals surface area contributed by atoms with Crippen LogP contribution in [0.25, 0.3) is 22.5 Å². The van der Waals surface area contributed by atoms with Crippen molar-refractivity contribution >= 4 is 17.3 Å². The summed E-state index contributed by atoms with van der Waals surface area (Å²) >= 11 is 0. The van der Waals surface area contributed by atoms with Gasteiger partial charge in [-0.05, 0) is 44.3 Å². The number of anilines is 3. The van der Waals surface area contributed by atoms with Gasteiger partial charge in [0.25, 0.3) is 0 Å². The van der Waals surface area contributed by atoms with Crippen molar-refractivity contribution in [2.24, 2.45) is 7.05 Å². The molecule has 33 heavy (non-hydrogen) atoms. The second-order valence-electron chi connectivity index (χ2n) is 8.62. The highest BCUT2D eigenvalue weighted by Gasteiger charge is 2.16. The molecule has 0 spiro atoms. The van der Waals surface area contributed by atoms with Gasteiger partial charge in [0, 0.05) is 61.9 Å². The lowest BCUT2D eigenvalue weighted by molar-refractivity contribution is 0.313. The van der Waals surface area contributed by atoms with Crippen molar-refractivity contribution in [3.63, 3.8) is 0 Å². The van der Waals surface area contributed by atoms with E-state index in [1.807, 2.05) is 24.0 Å². The zero-order valence-electron chi connectivity index (χ0n) is 19.4. The largest absolute Gasteiger partial charge is 0.369 e. The maximum Gasteiger partial charge on any atom is 0.227 e.